The zero-order valence-electron chi connectivity index (χ0n) is 11.1. The van der Waals surface area contributed by atoms with Gasteiger partial charge in [0.2, 0.25) is 5.89 Å². The lowest BCUT2D eigenvalue weighted by Gasteiger charge is -2.23. The molecule has 0 aliphatic carbocycles. The summed E-state index contributed by atoms with van der Waals surface area (Å²) in [5.41, 5.74) is 6.70. The highest BCUT2D eigenvalue weighted by molar-refractivity contribution is 5.85. The van der Waals surface area contributed by atoms with E-state index < -0.39 is 0 Å². The van der Waals surface area contributed by atoms with Crippen LogP contribution in [-0.4, -0.2) is 22.1 Å². The minimum absolute atomic E-state index is 0. The summed E-state index contributed by atoms with van der Waals surface area (Å²) >= 11 is 0. The molecule has 2 N–H and O–H groups in total. The Morgan fingerprint density at radius 3 is 2.58 bits per heavy atom. The van der Waals surface area contributed by atoms with Crippen molar-refractivity contribution in [1.29, 1.82) is 0 Å². The van der Waals surface area contributed by atoms with E-state index in [0.717, 1.165) is 0 Å². The Morgan fingerprint density at radius 2 is 2.00 bits per heavy atom. The van der Waals surface area contributed by atoms with Gasteiger partial charge in [-0.1, -0.05) is 35.5 Å². The minimum Gasteiger partial charge on any atom is -0.338 e. The van der Waals surface area contributed by atoms with Gasteiger partial charge in [0.15, 0.2) is 5.82 Å². The van der Waals surface area contributed by atoms with E-state index in [1.165, 1.54) is 5.56 Å². The zero-order valence-corrected chi connectivity index (χ0v) is 11.9. The molecule has 0 aliphatic heterocycles. The Balaban J connectivity index is 0.00000180. The van der Waals surface area contributed by atoms with E-state index in [1.807, 2.05) is 25.2 Å². The van der Waals surface area contributed by atoms with Crippen LogP contribution in [0.3, 0.4) is 0 Å². The van der Waals surface area contributed by atoms with Gasteiger partial charge in [0.1, 0.15) is 0 Å². The van der Waals surface area contributed by atoms with Crippen molar-refractivity contribution in [2.75, 3.05) is 7.05 Å². The third-order valence-corrected chi connectivity index (χ3v) is 3.02. The van der Waals surface area contributed by atoms with Gasteiger partial charge >= 0.3 is 0 Å². The summed E-state index contributed by atoms with van der Waals surface area (Å²) in [6.07, 6.45) is 0. The van der Waals surface area contributed by atoms with Gasteiger partial charge in [-0.3, -0.25) is 4.90 Å². The van der Waals surface area contributed by atoms with Crippen LogP contribution in [0.5, 0.6) is 0 Å². The minimum atomic E-state index is 0. The first-order chi connectivity index (χ1) is 8.70. The summed E-state index contributed by atoms with van der Waals surface area (Å²) in [7, 11) is 2.04. The zero-order chi connectivity index (χ0) is 13.0. The Kier molecular flexibility index (Phi) is 5.95. The molecule has 0 saturated carbocycles. The molecule has 2 rings (SSSR count). The van der Waals surface area contributed by atoms with Crippen LogP contribution in [0.15, 0.2) is 34.9 Å². The Bertz CT molecular complexity index is 488. The maximum Gasteiger partial charge on any atom is 0.240 e. The maximum atomic E-state index is 5.43. The SMILES string of the molecule is CC(c1ccccc1)N(C)Cc1noc(CN)n1.Cl. The molecule has 1 unspecified atom stereocenters. The van der Waals surface area contributed by atoms with Crippen LogP contribution >= 0.6 is 12.4 Å². The van der Waals surface area contributed by atoms with Crippen molar-refractivity contribution < 1.29 is 4.52 Å². The van der Waals surface area contributed by atoms with E-state index in [2.05, 4.69) is 34.1 Å². The second-order valence-electron chi connectivity index (χ2n) is 4.31. The normalized spacial score (nSPS) is 12.2. The lowest BCUT2D eigenvalue weighted by atomic mass is 10.1. The van der Waals surface area contributed by atoms with Crippen molar-refractivity contribution in [3.05, 3.63) is 47.6 Å². The number of nitrogens with zero attached hydrogens (tertiary/aromatic N) is 3. The van der Waals surface area contributed by atoms with Gasteiger partial charge in [0.25, 0.3) is 0 Å². The van der Waals surface area contributed by atoms with Gasteiger partial charge < -0.3 is 10.3 Å². The average molecular weight is 283 g/mol. The van der Waals surface area contributed by atoms with E-state index in [-0.39, 0.29) is 19.0 Å². The summed E-state index contributed by atoms with van der Waals surface area (Å²) in [5, 5.41) is 3.90. The molecule has 0 fully saturated rings. The summed E-state index contributed by atoms with van der Waals surface area (Å²) in [6, 6.07) is 10.6. The first-order valence-corrected chi connectivity index (χ1v) is 5.97. The molecule has 1 aromatic heterocycles. The van der Waals surface area contributed by atoms with Gasteiger partial charge in [-0.2, -0.15) is 4.98 Å². The highest BCUT2D eigenvalue weighted by Crippen LogP contribution is 2.19. The van der Waals surface area contributed by atoms with E-state index in [1.54, 1.807) is 0 Å². The number of aromatic nitrogens is 2. The quantitative estimate of drug-likeness (QED) is 0.910. The van der Waals surface area contributed by atoms with E-state index in [0.29, 0.717) is 24.3 Å². The van der Waals surface area contributed by atoms with Crippen molar-refractivity contribution in [3.63, 3.8) is 0 Å². The molecule has 6 heteroatoms. The highest BCUT2D eigenvalue weighted by atomic mass is 35.5. The van der Waals surface area contributed by atoms with Crippen LogP contribution in [0.4, 0.5) is 0 Å². The molecule has 1 atom stereocenters. The third kappa shape index (κ3) is 4.02. The molecular weight excluding hydrogens is 264 g/mol. The van der Waals surface area contributed by atoms with Gasteiger partial charge in [-0.25, -0.2) is 0 Å². The third-order valence-electron chi connectivity index (χ3n) is 3.02. The smallest absolute Gasteiger partial charge is 0.240 e. The van der Waals surface area contributed by atoms with Gasteiger partial charge in [-0.15, -0.1) is 12.4 Å². The molecular formula is C13H19ClN4O. The summed E-state index contributed by atoms with van der Waals surface area (Å²) < 4.78 is 4.99. The predicted molar refractivity (Wildman–Crippen MR) is 75.8 cm³/mol. The van der Waals surface area contributed by atoms with Gasteiger partial charge in [-0.05, 0) is 19.5 Å². The summed E-state index contributed by atoms with van der Waals surface area (Å²) in [4.78, 5) is 6.37. The molecule has 5 nitrogen and oxygen atoms in total. The standard InChI is InChI=1S/C13H18N4O.ClH/c1-10(11-6-4-3-5-7-11)17(2)9-12-15-13(8-14)18-16-12;/h3-7,10H,8-9,14H2,1-2H3;1H. The second kappa shape index (κ2) is 7.23. The molecule has 1 aromatic carbocycles. The average Bonchev–Trinajstić information content (AvgIpc) is 2.86. The van der Waals surface area contributed by atoms with E-state index in [9.17, 15) is 0 Å². The number of nitrogens with two attached hydrogens (primary N) is 1. The molecule has 0 spiro atoms. The fourth-order valence-electron chi connectivity index (χ4n) is 1.78. The molecule has 0 radical (unpaired) electrons. The molecule has 0 bridgehead atoms. The fourth-order valence-corrected chi connectivity index (χ4v) is 1.78. The van der Waals surface area contributed by atoms with Crippen LogP contribution in [0.2, 0.25) is 0 Å². The lowest BCUT2D eigenvalue weighted by molar-refractivity contribution is 0.242. The lowest BCUT2D eigenvalue weighted by Crippen LogP contribution is -2.22. The Hall–Kier alpha value is -1.43. The van der Waals surface area contributed by atoms with Crippen LogP contribution in [0, 0.1) is 0 Å². The van der Waals surface area contributed by atoms with Crippen LogP contribution < -0.4 is 5.73 Å². The molecule has 104 valence electrons. The van der Waals surface area contributed by atoms with Crippen LogP contribution in [0.1, 0.15) is 30.2 Å². The maximum absolute atomic E-state index is 5.43. The first kappa shape index (κ1) is 15.6. The van der Waals surface area contributed by atoms with Crippen molar-refractivity contribution in [1.82, 2.24) is 15.0 Å². The first-order valence-electron chi connectivity index (χ1n) is 5.97. The molecule has 0 saturated heterocycles. The molecule has 0 aliphatic rings. The topological polar surface area (TPSA) is 68.2 Å². The highest BCUT2D eigenvalue weighted by Gasteiger charge is 2.14. The molecule has 0 amide bonds. The largest absolute Gasteiger partial charge is 0.338 e. The van der Waals surface area contributed by atoms with Gasteiger partial charge in [0.05, 0.1) is 13.1 Å². The van der Waals surface area contributed by atoms with Crippen molar-refractivity contribution in [3.8, 4) is 0 Å². The van der Waals surface area contributed by atoms with Crippen molar-refractivity contribution >= 4 is 12.4 Å². The van der Waals surface area contributed by atoms with Crippen LogP contribution in [-0.2, 0) is 13.1 Å². The van der Waals surface area contributed by atoms with Gasteiger partial charge in [0, 0.05) is 6.04 Å². The fraction of sp³-hybridized carbons (Fsp3) is 0.385. The van der Waals surface area contributed by atoms with Crippen LogP contribution in [0.25, 0.3) is 0 Å². The molecule has 1 heterocycles. The summed E-state index contributed by atoms with van der Waals surface area (Å²) in [5.74, 6) is 1.14. The second-order valence-corrected chi connectivity index (χ2v) is 4.31. The van der Waals surface area contributed by atoms with Crippen molar-refractivity contribution in [2.24, 2.45) is 5.73 Å². The molecule has 19 heavy (non-hydrogen) atoms. The molecule has 2 aromatic rings. The summed E-state index contributed by atoms with van der Waals surface area (Å²) in [6.45, 7) is 3.07. The number of hydrogen-bond donors (Lipinski definition) is 1. The number of rotatable bonds is 5. The number of hydrogen-bond acceptors (Lipinski definition) is 5. The monoisotopic (exact) mass is 282 g/mol. The van der Waals surface area contributed by atoms with E-state index in [4.69, 9.17) is 10.3 Å². The number of halogens is 1. The van der Waals surface area contributed by atoms with Crippen molar-refractivity contribution in [2.45, 2.75) is 26.1 Å². The van der Waals surface area contributed by atoms with E-state index >= 15 is 0 Å². The number of benzene rings is 1. The predicted octanol–water partition coefficient (Wildman–Crippen LogP) is 2.14. The Labute approximate surface area is 119 Å². The Morgan fingerprint density at radius 1 is 1.32 bits per heavy atom.